The third-order valence-electron chi connectivity index (χ3n) is 2.03. The lowest BCUT2D eigenvalue weighted by molar-refractivity contribution is -0.119. The summed E-state index contributed by atoms with van der Waals surface area (Å²) in [7, 11) is 0. The zero-order valence-electron chi connectivity index (χ0n) is 7.40. The number of hydrogen-bond donors (Lipinski definition) is 1. The summed E-state index contributed by atoms with van der Waals surface area (Å²) in [6.07, 6.45) is 1.61. The van der Waals surface area contributed by atoms with Crippen molar-refractivity contribution in [3.05, 3.63) is 11.3 Å². The van der Waals surface area contributed by atoms with Gasteiger partial charge in [-0.15, -0.1) is 0 Å². The van der Waals surface area contributed by atoms with Crippen LogP contribution in [-0.2, 0) is 4.79 Å². The van der Waals surface area contributed by atoms with Crippen molar-refractivity contribution in [1.82, 2.24) is 5.32 Å². The fraction of sp³-hybridized carbons (Fsp3) is 0.667. The maximum absolute atomic E-state index is 11.0. The molecule has 62 valence electrons. The summed E-state index contributed by atoms with van der Waals surface area (Å²) in [6, 6.07) is 0. The van der Waals surface area contributed by atoms with E-state index in [4.69, 9.17) is 0 Å². The van der Waals surface area contributed by atoms with Crippen molar-refractivity contribution in [2.24, 2.45) is 5.92 Å². The summed E-state index contributed by atoms with van der Waals surface area (Å²) >= 11 is 0. The zero-order valence-corrected chi connectivity index (χ0v) is 7.40. The fourth-order valence-electron chi connectivity index (χ4n) is 1.44. The third-order valence-corrected chi connectivity index (χ3v) is 2.03. The summed E-state index contributed by atoms with van der Waals surface area (Å²) in [4.78, 5) is 11.0. The van der Waals surface area contributed by atoms with Crippen LogP contribution in [0, 0.1) is 5.92 Å². The highest BCUT2D eigenvalue weighted by Gasteiger charge is 2.20. The van der Waals surface area contributed by atoms with Crippen LogP contribution in [0.4, 0.5) is 0 Å². The Hall–Kier alpha value is -0.790. The van der Waals surface area contributed by atoms with E-state index in [9.17, 15) is 4.79 Å². The molecule has 2 nitrogen and oxygen atoms in total. The molecule has 0 aromatic rings. The first-order chi connectivity index (χ1) is 5.15. The number of nitrogens with one attached hydrogen (secondary N) is 1. The van der Waals surface area contributed by atoms with E-state index in [1.54, 1.807) is 0 Å². The molecule has 1 aliphatic rings. The Bertz CT molecular complexity index is 204. The van der Waals surface area contributed by atoms with Gasteiger partial charge in [0.2, 0.25) is 5.91 Å². The van der Waals surface area contributed by atoms with E-state index in [1.807, 2.05) is 0 Å². The third kappa shape index (κ3) is 1.62. The molecule has 1 aliphatic heterocycles. The van der Waals surface area contributed by atoms with Crippen molar-refractivity contribution >= 4 is 5.91 Å². The average molecular weight is 153 g/mol. The molecule has 0 atom stereocenters. The van der Waals surface area contributed by atoms with Crippen molar-refractivity contribution in [2.45, 2.75) is 33.6 Å². The average Bonchev–Trinajstić information content (AvgIpc) is 2.30. The maximum atomic E-state index is 11.0. The first-order valence-corrected chi connectivity index (χ1v) is 4.17. The van der Waals surface area contributed by atoms with E-state index in [-0.39, 0.29) is 5.91 Å². The van der Waals surface area contributed by atoms with Crippen molar-refractivity contribution in [3.8, 4) is 0 Å². The minimum absolute atomic E-state index is 0.158. The molecule has 1 amide bonds. The van der Waals surface area contributed by atoms with Gasteiger partial charge in [0.25, 0.3) is 0 Å². The Morgan fingerprint density at radius 1 is 1.55 bits per heavy atom. The molecule has 0 fully saturated rings. The largest absolute Gasteiger partial charge is 0.329 e. The van der Waals surface area contributed by atoms with Crippen LogP contribution in [0.2, 0.25) is 0 Å². The van der Waals surface area contributed by atoms with Gasteiger partial charge in [-0.05, 0) is 17.9 Å². The van der Waals surface area contributed by atoms with Gasteiger partial charge >= 0.3 is 0 Å². The van der Waals surface area contributed by atoms with Crippen molar-refractivity contribution in [3.63, 3.8) is 0 Å². The number of carbonyl (C=O) groups is 1. The standard InChI is InChI=1S/C9H15NO/c1-4-7-5-8(11)10-9(7)6(2)3/h6H,4-5H2,1-3H3,(H,10,11). The second-order valence-corrected chi connectivity index (χ2v) is 3.25. The summed E-state index contributed by atoms with van der Waals surface area (Å²) in [6.45, 7) is 6.31. The molecular weight excluding hydrogens is 138 g/mol. The molecule has 1 N–H and O–H groups in total. The topological polar surface area (TPSA) is 29.1 Å². The molecule has 0 aromatic heterocycles. The van der Waals surface area contributed by atoms with Crippen LogP contribution >= 0.6 is 0 Å². The quantitative estimate of drug-likeness (QED) is 0.644. The summed E-state index contributed by atoms with van der Waals surface area (Å²) < 4.78 is 0. The number of rotatable bonds is 2. The van der Waals surface area contributed by atoms with Gasteiger partial charge < -0.3 is 5.32 Å². The van der Waals surface area contributed by atoms with Gasteiger partial charge in [-0.1, -0.05) is 20.8 Å². The van der Waals surface area contributed by atoms with Gasteiger partial charge in [-0.25, -0.2) is 0 Å². The molecule has 0 unspecified atom stereocenters. The van der Waals surface area contributed by atoms with Gasteiger partial charge in [0.15, 0.2) is 0 Å². The molecule has 11 heavy (non-hydrogen) atoms. The number of hydrogen-bond acceptors (Lipinski definition) is 1. The van der Waals surface area contributed by atoms with E-state index < -0.39 is 0 Å². The lowest BCUT2D eigenvalue weighted by Crippen LogP contribution is -2.18. The second-order valence-electron chi connectivity index (χ2n) is 3.25. The van der Waals surface area contributed by atoms with Crippen LogP contribution in [-0.4, -0.2) is 5.91 Å². The fourth-order valence-corrected chi connectivity index (χ4v) is 1.44. The first-order valence-electron chi connectivity index (χ1n) is 4.17. The smallest absolute Gasteiger partial charge is 0.228 e. The monoisotopic (exact) mass is 153 g/mol. The van der Waals surface area contributed by atoms with Crippen LogP contribution in [0.1, 0.15) is 33.6 Å². The molecule has 0 spiro atoms. The van der Waals surface area contributed by atoms with Gasteiger partial charge in [0.05, 0.1) is 0 Å². The highest BCUT2D eigenvalue weighted by atomic mass is 16.1. The predicted octanol–water partition coefficient (Wildman–Crippen LogP) is 1.83. The Labute approximate surface area is 67.7 Å². The van der Waals surface area contributed by atoms with Crippen LogP contribution in [0.15, 0.2) is 11.3 Å². The first kappa shape index (κ1) is 8.31. The minimum Gasteiger partial charge on any atom is -0.329 e. The molecule has 0 radical (unpaired) electrons. The highest BCUT2D eigenvalue weighted by molar-refractivity contribution is 5.84. The highest BCUT2D eigenvalue weighted by Crippen LogP contribution is 2.22. The van der Waals surface area contributed by atoms with E-state index in [0.29, 0.717) is 12.3 Å². The predicted molar refractivity (Wildman–Crippen MR) is 44.9 cm³/mol. The lowest BCUT2D eigenvalue weighted by atomic mass is 10.0. The Balaban J connectivity index is 2.79. The minimum atomic E-state index is 0.158. The lowest BCUT2D eigenvalue weighted by Gasteiger charge is -2.08. The van der Waals surface area contributed by atoms with E-state index in [2.05, 4.69) is 26.1 Å². The number of carbonyl (C=O) groups excluding carboxylic acids is 1. The van der Waals surface area contributed by atoms with Gasteiger partial charge in [0.1, 0.15) is 0 Å². The summed E-state index contributed by atoms with van der Waals surface area (Å²) in [5.74, 6) is 0.613. The molecule has 0 bridgehead atoms. The summed E-state index contributed by atoms with van der Waals surface area (Å²) in [5.41, 5.74) is 2.43. The SMILES string of the molecule is CCC1=C(C(C)C)NC(=O)C1. The van der Waals surface area contributed by atoms with Crippen LogP contribution in [0.25, 0.3) is 0 Å². The van der Waals surface area contributed by atoms with Crippen LogP contribution in [0.5, 0.6) is 0 Å². The normalized spacial score (nSPS) is 18.0. The van der Waals surface area contributed by atoms with Crippen molar-refractivity contribution in [1.29, 1.82) is 0 Å². The van der Waals surface area contributed by atoms with Crippen LogP contribution in [0.3, 0.4) is 0 Å². The Kier molecular flexibility index (Phi) is 2.32. The van der Waals surface area contributed by atoms with E-state index in [1.165, 1.54) is 5.57 Å². The van der Waals surface area contributed by atoms with E-state index >= 15 is 0 Å². The maximum Gasteiger partial charge on any atom is 0.228 e. The van der Waals surface area contributed by atoms with E-state index in [0.717, 1.165) is 12.1 Å². The molecule has 0 saturated carbocycles. The summed E-state index contributed by atoms with van der Waals surface area (Å²) in [5, 5.41) is 2.90. The van der Waals surface area contributed by atoms with Crippen molar-refractivity contribution < 1.29 is 4.79 Å². The van der Waals surface area contributed by atoms with Gasteiger partial charge in [0, 0.05) is 12.1 Å². The zero-order chi connectivity index (χ0) is 8.43. The van der Waals surface area contributed by atoms with Gasteiger partial charge in [-0.2, -0.15) is 0 Å². The second kappa shape index (κ2) is 3.07. The molecule has 0 aromatic carbocycles. The van der Waals surface area contributed by atoms with Crippen LogP contribution < -0.4 is 5.32 Å². The van der Waals surface area contributed by atoms with Crippen molar-refractivity contribution in [2.75, 3.05) is 0 Å². The Morgan fingerprint density at radius 2 is 2.18 bits per heavy atom. The molecule has 2 heteroatoms. The molecule has 0 aliphatic carbocycles. The number of amides is 1. The number of allylic oxidation sites excluding steroid dienone is 1. The molecule has 1 rings (SSSR count). The molecule has 0 saturated heterocycles. The Morgan fingerprint density at radius 3 is 2.55 bits per heavy atom. The van der Waals surface area contributed by atoms with Gasteiger partial charge in [-0.3, -0.25) is 4.79 Å². The molecule has 1 heterocycles. The molecular formula is C9H15NO.